The predicted molar refractivity (Wildman–Crippen MR) is 108 cm³/mol. The lowest BCUT2D eigenvalue weighted by Gasteiger charge is -2.12. The summed E-state index contributed by atoms with van der Waals surface area (Å²) in [7, 11) is 0. The molecule has 8 nitrogen and oxygen atoms in total. The van der Waals surface area contributed by atoms with Gasteiger partial charge in [0, 0.05) is 12.6 Å². The summed E-state index contributed by atoms with van der Waals surface area (Å²) in [4.78, 5) is 24.0. The van der Waals surface area contributed by atoms with E-state index in [4.69, 9.17) is 10.5 Å². The Morgan fingerprint density at radius 1 is 1.04 bits per heavy atom. The minimum absolute atomic E-state index is 0.0768. The maximum absolute atomic E-state index is 11.3. The van der Waals surface area contributed by atoms with Gasteiger partial charge in [-0.2, -0.15) is 15.0 Å². The van der Waals surface area contributed by atoms with Gasteiger partial charge >= 0.3 is 0 Å². The molecule has 0 saturated carbocycles. The number of carbonyl (C=O) groups excluding carboxylic acids is 1. The monoisotopic (exact) mass is 378 g/mol. The van der Waals surface area contributed by atoms with Crippen molar-refractivity contribution >= 4 is 29.2 Å². The highest BCUT2D eigenvalue weighted by Gasteiger charge is 2.10. The Morgan fingerprint density at radius 2 is 1.75 bits per heavy atom. The molecule has 28 heavy (non-hydrogen) atoms. The fourth-order valence-electron chi connectivity index (χ4n) is 2.66. The summed E-state index contributed by atoms with van der Waals surface area (Å²) >= 11 is 0. The summed E-state index contributed by atoms with van der Waals surface area (Å²) < 4.78 is 5.78. The first kappa shape index (κ1) is 19.1. The third-order valence-corrected chi connectivity index (χ3v) is 3.90. The maximum Gasteiger partial charge on any atom is 0.232 e. The molecule has 0 aliphatic heterocycles. The van der Waals surface area contributed by atoms with Crippen molar-refractivity contribution in [3.63, 3.8) is 0 Å². The summed E-state index contributed by atoms with van der Waals surface area (Å²) in [5, 5.41) is 5.91. The van der Waals surface area contributed by atoms with E-state index < -0.39 is 0 Å². The van der Waals surface area contributed by atoms with Gasteiger partial charge in [-0.25, -0.2) is 0 Å². The number of nitrogens with one attached hydrogen (secondary N) is 2. The number of aromatic nitrogens is 3. The Kier molecular flexibility index (Phi) is 6.01. The number of amides is 1. The zero-order valence-corrected chi connectivity index (χ0v) is 15.8. The van der Waals surface area contributed by atoms with Gasteiger partial charge in [-0.1, -0.05) is 37.3 Å². The Balaban J connectivity index is 1.76. The summed E-state index contributed by atoms with van der Waals surface area (Å²) in [6.45, 7) is 3.59. The highest BCUT2D eigenvalue weighted by Crippen LogP contribution is 2.25. The third-order valence-electron chi connectivity index (χ3n) is 3.90. The van der Waals surface area contributed by atoms with Crippen molar-refractivity contribution in [1.82, 2.24) is 15.0 Å². The van der Waals surface area contributed by atoms with Crippen molar-refractivity contribution < 1.29 is 9.53 Å². The molecule has 1 aromatic heterocycles. The molecule has 0 spiro atoms. The first-order valence-electron chi connectivity index (χ1n) is 8.90. The Hall–Kier alpha value is -3.68. The number of hydrogen-bond donors (Lipinski definition) is 3. The zero-order valence-electron chi connectivity index (χ0n) is 15.8. The second-order valence-electron chi connectivity index (χ2n) is 6.04. The number of benzene rings is 2. The standard InChI is InChI=1S/C20H22N6O2/c1-3-14-8-4-5-9-15(14)23-20-25-18(24-19(21)26-20)12-28-17-11-7-6-10-16(17)22-13(2)27/h4-11H,3,12H2,1-2H3,(H,22,27)(H3,21,23,24,25,26). The Labute approximate surface area is 163 Å². The van der Waals surface area contributed by atoms with Crippen molar-refractivity contribution in [3.8, 4) is 5.75 Å². The van der Waals surface area contributed by atoms with Crippen LogP contribution in [0.2, 0.25) is 0 Å². The van der Waals surface area contributed by atoms with Crippen molar-refractivity contribution in [3.05, 3.63) is 59.9 Å². The van der Waals surface area contributed by atoms with E-state index in [-0.39, 0.29) is 18.5 Å². The van der Waals surface area contributed by atoms with Crippen LogP contribution in [-0.2, 0) is 17.8 Å². The fourth-order valence-corrected chi connectivity index (χ4v) is 2.66. The lowest BCUT2D eigenvalue weighted by Crippen LogP contribution is -2.11. The molecule has 1 amide bonds. The molecule has 0 radical (unpaired) electrons. The van der Waals surface area contributed by atoms with Gasteiger partial charge in [-0.05, 0) is 30.2 Å². The van der Waals surface area contributed by atoms with E-state index in [1.165, 1.54) is 6.92 Å². The lowest BCUT2D eigenvalue weighted by atomic mass is 10.1. The molecule has 0 bridgehead atoms. The van der Waals surface area contributed by atoms with Gasteiger partial charge in [-0.3, -0.25) is 4.79 Å². The van der Waals surface area contributed by atoms with E-state index in [0.29, 0.717) is 23.2 Å². The molecule has 0 fully saturated rings. The number of nitrogen functional groups attached to an aromatic ring is 1. The average molecular weight is 378 g/mol. The highest BCUT2D eigenvalue weighted by atomic mass is 16.5. The number of rotatable bonds is 7. The maximum atomic E-state index is 11.3. The summed E-state index contributed by atoms with van der Waals surface area (Å²) in [6, 6.07) is 15.1. The number of para-hydroxylation sites is 3. The quantitative estimate of drug-likeness (QED) is 0.578. The number of ether oxygens (including phenoxy) is 1. The zero-order chi connectivity index (χ0) is 19.9. The van der Waals surface area contributed by atoms with Crippen LogP contribution in [0.15, 0.2) is 48.5 Å². The fraction of sp³-hybridized carbons (Fsp3) is 0.200. The SMILES string of the molecule is CCc1ccccc1Nc1nc(N)nc(COc2ccccc2NC(C)=O)n1. The molecule has 8 heteroatoms. The average Bonchev–Trinajstić information content (AvgIpc) is 2.67. The summed E-state index contributed by atoms with van der Waals surface area (Å²) in [5.41, 5.74) is 8.47. The molecule has 4 N–H and O–H groups in total. The Bertz CT molecular complexity index is 976. The minimum Gasteiger partial charge on any atom is -0.483 e. The number of aryl methyl sites for hydroxylation is 1. The van der Waals surface area contributed by atoms with E-state index >= 15 is 0 Å². The number of nitrogens with zero attached hydrogens (tertiary/aromatic N) is 3. The van der Waals surface area contributed by atoms with Crippen LogP contribution in [0.5, 0.6) is 5.75 Å². The molecule has 1 heterocycles. The molecule has 0 saturated heterocycles. The largest absolute Gasteiger partial charge is 0.483 e. The molecule has 0 unspecified atom stereocenters. The van der Waals surface area contributed by atoms with Gasteiger partial charge in [0.2, 0.25) is 17.8 Å². The first-order chi connectivity index (χ1) is 13.5. The number of carbonyl (C=O) groups is 1. The van der Waals surface area contributed by atoms with Crippen LogP contribution < -0.4 is 21.1 Å². The van der Waals surface area contributed by atoms with Crippen LogP contribution in [0.25, 0.3) is 0 Å². The first-order valence-corrected chi connectivity index (χ1v) is 8.90. The van der Waals surface area contributed by atoms with Gasteiger partial charge in [0.05, 0.1) is 5.69 Å². The van der Waals surface area contributed by atoms with Gasteiger partial charge in [0.15, 0.2) is 5.82 Å². The molecule has 3 aromatic rings. The van der Waals surface area contributed by atoms with E-state index in [1.54, 1.807) is 12.1 Å². The normalized spacial score (nSPS) is 10.4. The van der Waals surface area contributed by atoms with Crippen molar-refractivity contribution in [2.75, 3.05) is 16.4 Å². The van der Waals surface area contributed by atoms with Gasteiger partial charge in [0.25, 0.3) is 0 Å². The number of anilines is 4. The van der Waals surface area contributed by atoms with Crippen LogP contribution in [0, 0.1) is 0 Å². The van der Waals surface area contributed by atoms with Gasteiger partial charge in [-0.15, -0.1) is 0 Å². The summed E-state index contributed by atoms with van der Waals surface area (Å²) in [6.07, 6.45) is 0.875. The highest BCUT2D eigenvalue weighted by molar-refractivity contribution is 5.90. The molecule has 0 aliphatic carbocycles. The van der Waals surface area contributed by atoms with Gasteiger partial charge < -0.3 is 21.1 Å². The van der Waals surface area contributed by atoms with Crippen molar-refractivity contribution in [2.45, 2.75) is 26.9 Å². The van der Waals surface area contributed by atoms with Crippen LogP contribution in [0.4, 0.5) is 23.3 Å². The van der Waals surface area contributed by atoms with E-state index in [9.17, 15) is 4.79 Å². The molecule has 144 valence electrons. The Morgan fingerprint density at radius 3 is 2.50 bits per heavy atom. The topological polar surface area (TPSA) is 115 Å². The van der Waals surface area contributed by atoms with E-state index in [1.807, 2.05) is 36.4 Å². The summed E-state index contributed by atoms with van der Waals surface area (Å²) in [5.74, 6) is 1.16. The van der Waals surface area contributed by atoms with Gasteiger partial charge in [0.1, 0.15) is 12.4 Å². The van der Waals surface area contributed by atoms with Crippen LogP contribution in [0.3, 0.4) is 0 Å². The number of nitrogens with two attached hydrogens (primary N) is 1. The van der Waals surface area contributed by atoms with E-state index in [0.717, 1.165) is 17.7 Å². The number of hydrogen-bond acceptors (Lipinski definition) is 7. The lowest BCUT2D eigenvalue weighted by molar-refractivity contribution is -0.114. The molecular weight excluding hydrogens is 356 g/mol. The van der Waals surface area contributed by atoms with Crippen LogP contribution in [0.1, 0.15) is 25.2 Å². The molecule has 2 aromatic carbocycles. The third kappa shape index (κ3) is 4.94. The van der Waals surface area contributed by atoms with Crippen LogP contribution >= 0.6 is 0 Å². The minimum atomic E-state index is -0.179. The molecule has 3 rings (SSSR count). The molecular formula is C20H22N6O2. The second-order valence-corrected chi connectivity index (χ2v) is 6.04. The predicted octanol–water partition coefficient (Wildman–Crippen LogP) is 3.30. The second kappa shape index (κ2) is 8.81. The molecule has 0 atom stereocenters. The molecule has 0 aliphatic rings. The van der Waals surface area contributed by atoms with Crippen molar-refractivity contribution in [1.29, 1.82) is 0 Å². The van der Waals surface area contributed by atoms with E-state index in [2.05, 4.69) is 32.5 Å². The van der Waals surface area contributed by atoms with Crippen LogP contribution in [-0.4, -0.2) is 20.9 Å². The van der Waals surface area contributed by atoms with Crippen molar-refractivity contribution in [2.24, 2.45) is 0 Å². The smallest absolute Gasteiger partial charge is 0.232 e.